The van der Waals surface area contributed by atoms with Gasteiger partial charge in [-0.25, -0.2) is 0 Å². The molecule has 0 amide bonds. The Labute approximate surface area is 116 Å². The largest absolute Gasteiger partial charge is 0.492 e. The van der Waals surface area contributed by atoms with Crippen LogP contribution < -0.4 is 15.4 Å². The molecule has 0 bridgehead atoms. The zero-order chi connectivity index (χ0) is 14.0. The number of piperidine rings is 1. The molecule has 106 valence electrons. The van der Waals surface area contributed by atoms with Crippen molar-refractivity contribution >= 4 is 11.4 Å². The van der Waals surface area contributed by atoms with Crippen LogP contribution in [0.2, 0.25) is 0 Å². The van der Waals surface area contributed by atoms with Crippen molar-refractivity contribution < 1.29 is 4.74 Å². The van der Waals surface area contributed by atoms with Crippen LogP contribution in [-0.2, 0) is 0 Å². The van der Waals surface area contributed by atoms with E-state index in [2.05, 4.69) is 37.8 Å². The number of nitrogens with two attached hydrogens (primary N) is 1. The van der Waals surface area contributed by atoms with Crippen LogP contribution in [0.15, 0.2) is 18.2 Å². The maximum absolute atomic E-state index is 5.95. The highest BCUT2D eigenvalue weighted by molar-refractivity contribution is 5.62. The Morgan fingerprint density at radius 1 is 1.32 bits per heavy atom. The highest BCUT2D eigenvalue weighted by atomic mass is 16.5. The molecule has 19 heavy (non-hydrogen) atoms. The molecular formula is C16H26N2O. The van der Waals surface area contributed by atoms with Crippen LogP contribution in [0, 0.1) is 11.8 Å². The van der Waals surface area contributed by atoms with Crippen LogP contribution in [0.3, 0.4) is 0 Å². The van der Waals surface area contributed by atoms with Crippen molar-refractivity contribution in [1.29, 1.82) is 0 Å². The molecule has 1 aliphatic heterocycles. The lowest BCUT2D eigenvalue weighted by Gasteiger charge is -2.42. The van der Waals surface area contributed by atoms with Crippen molar-refractivity contribution in [2.45, 2.75) is 40.2 Å². The number of rotatable bonds is 3. The van der Waals surface area contributed by atoms with E-state index in [1.54, 1.807) is 0 Å². The summed E-state index contributed by atoms with van der Waals surface area (Å²) in [6.45, 7) is 10.7. The van der Waals surface area contributed by atoms with Crippen LogP contribution in [0.5, 0.6) is 5.75 Å². The quantitative estimate of drug-likeness (QED) is 0.847. The van der Waals surface area contributed by atoms with Crippen LogP contribution in [0.4, 0.5) is 11.4 Å². The van der Waals surface area contributed by atoms with Gasteiger partial charge in [0.05, 0.1) is 12.3 Å². The normalized spacial score (nSPS) is 27.4. The van der Waals surface area contributed by atoms with E-state index < -0.39 is 0 Å². The van der Waals surface area contributed by atoms with E-state index >= 15 is 0 Å². The van der Waals surface area contributed by atoms with Gasteiger partial charge in [0.25, 0.3) is 0 Å². The monoisotopic (exact) mass is 262 g/mol. The average Bonchev–Trinajstić information content (AvgIpc) is 2.37. The number of nitrogens with zero attached hydrogens (tertiary/aromatic N) is 1. The molecule has 1 aliphatic rings. The Morgan fingerprint density at radius 2 is 2.05 bits per heavy atom. The summed E-state index contributed by atoms with van der Waals surface area (Å²) >= 11 is 0. The van der Waals surface area contributed by atoms with E-state index in [4.69, 9.17) is 10.5 Å². The maximum Gasteiger partial charge on any atom is 0.144 e. The molecule has 3 unspecified atom stereocenters. The van der Waals surface area contributed by atoms with Crippen molar-refractivity contribution in [3.8, 4) is 5.75 Å². The summed E-state index contributed by atoms with van der Waals surface area (Å²) in [5.41, 5.74) is 7.90. The Kier molecular flexibility index (Phi) is 4.23. The van der Waals surface area contributed by atoms with E-state index in [1.165, 1.54) is 12.1 Å². The topological polar surface area (TPSA) is 38.5 Å². The fourth-order valence-electron chi connectivity index (χ4n) is 3.04. The van der Waals surface area contributed by atoms with Crippen molar-refractivity contribution in [1.82, 2.24) is 0 Å². The summed E-state index contributed by atoms with van der Waals surface area (Å²) in [5.74, 6) is 2.26. The summed E-state index contributed by atoms with van der Waals surface area (Å²) in [4.78, 5) is 2.49. The lowest BCUT2D eigenvalue weighted by Crippen LogP contribution is -2.45. The lowest BCUT2D eigenvalue weighted by atomic mass is 9.85. The summed E-state index contributed by atoms with van der Waals surface area (Å²) < 4.78 is 5.61. The molecule has 0 spiro atoms. The van der Waals surface area contributed by atoms with Crippen molar-refractivity contribution in [3.05, 3.63) is 18.2 Å². The van der Waals surface area contributed by atoms with Gasteiger partial charge < -0.3 is 15.4 Å². The first-order chi connectivity index (χ1) is 9.02. The van der Waals surface area contributed by atoms with Crippen LogP contribution in [0.1, 0.15) is 34.1 Å². The van der Waals surface area contributed by atoms with Crippen molar-refractivity contribution in [2.75, 3.05) is 23.8 Å². The van der Waals surface area contributed by atoms with Gasteiger partial charge in [-0.1, -0.05) is 13.8 Å². The van der Waals surface area contributed by atoms with Crippen LogP contribution >= 0.6 is 0 Å². The van der Waals surface area contributed by atoms with Crippen molar-refractivity contribution in [3.63, 3.8) is 0 Å². The van der Waals surface area contributed by atoms with Gasteiger partial charge in [-0.05, 0) is 44.2 Å². The summed E-state index contributed by atoms with van der Waals surface area (Å²) in [5, 5.41) is 0. The summed E-state index contributed by atoms with van der Waals surface area (Å²) in [7, 11) is 0. The maximum atomic E-state index is 5.95. The van der Waals surface area contributed by atoms with Crippen LogP contribution in [0.25, 0.3) is 0 Å². The molecule has 1 fully saturated rings. The molecule has 1 aromatic carbocycles. The Balaban J connectivity index is 2.27. The minimum atomic E-state index is 0.564. The van der Waals surface area contributed by atoms with Gasteiger partial charge in [0.15, 0.2) is 0 Å². The fourth-order valence-corrected chi connectivity index (χ4v) is 3.04. The van der Waals surface area contributed by atoms with E-state index in [1.807, 2.05) is 13.0 Å². The second kappa shape index (κ2) is 5.72. The number of hydrogen-bond donors (Lipinski definition) is 1. The summed E-state index contributed by atoms with van der Waals surface area (Å²) in [6.07, 6.45) is 1.31. The van der Waals surface area contributed by atoms with E-state index in [-0.39, 0.29) is 0 Å². The molecule has 3 heteroatoms. The fraction of sp³-hybridized carbons (Fsp3) is 0.625. The van der Waals surface area contributed by atoms with Gasteiger partial charge in [0.1, 0.15) is 5.75 Å². The minimum Gasteiger partial charge on any atom is -0.492 e. The van der Waals surface area contributed by atoms with Gasteiger partial charge in [0, 0.05) is 24.3 Å². The van der Waals surface area contributed by atoms with Gasteiger partial charge in [-0.3, -0.25) is 0 Å². The van der Waals surface area contributed by atoms with Gasteiger partial charge >= 0.3 is 0 Å². The van der Waals surface area contributed by atoms with E-state index in [9.17, 15) is 0 Å². The van der Waals surface area contributed by atoms with Crippen LogP contribution in [-0.4, -0.2) is 19.2 Å². The van der Waals surface area contributed by atoms with E-state index in [0.717, 1.165) is 29.8 Å². The smallest absolute Gasteiger partial charge is 0.144 e. The van der Waals surface area contributed by atoms with E-state index in [0.29, 0.717) is 12.6 Å². The number of ether oxygens (including phenoxy) is 1. The SMILES string of the molecule is CCOc1cc(N2CC(C)CC(C)C2C)ccc1N. The zero-order valence-corrected chi connectivity index (χ0v) is 12.5. The molecule has 1 aromatic rings. The van der Waals surface area contributed by atoms with Crippen molar-refractivity contribution in [2.24, 2.45) is 11.8 Å². The summed E-state index contributed by atoms with van der Waals surface area (Å²) in [6, 6.07) is 6.71. The number of nitrogen functional groups attached to an aromatic ring is 1. The Bertz CT molecular complexity index is 433. The molecule has 0 aliphatic carbocycles. The molecule has 0 aromatic heterocycles. The highest BCUT2D eigenvalue weighted by Gasteiger charge is 2.29. The standard InChI is InChI=1S/C16H26N2O/c1-5-19-16-9-14(6-7-15(16)17)18-10-11(2)8-12(3)13(18)4/h6-7,9,11-13H,5,8,10,17H2,1-4H3. The first kappa shape index (κ1) is 14.0. The number of hydrogen-bond acceptors (Lipinski definition) is 3. The number of benzene rings is 1. The first-order valence-electron chi connectivity index (χ1n) is 7.31. The Hall–Kier alpha value is -1.38. The molecule has 2 rings (SSSR count). The third-order valence-electron chi connectivity index (χ3n) is 4.23. The second-order valence-electron chi connectivity index (χ2n) is 5.87. The predicted octanol–water partition coefficient (Wildman–Crippen LogP) is 3.54. The third-order valence-corrected chi connectivity index (χ3v) is 4.23. The van der Waals surface area contributed by atoms with Gasteiger partial charge in [-0.2, -0.15) is 0 Å². The highest BCUT2D eigenvalue weighted by Crippen LogP contribution is 2.34. The number of anilines is 2. The first-order valence-corrected chi connectivity index (χ1v) is 7.31. The minimum absolute atomic E-state index is 0.564. The molecule has 1 heterocycles. The van der Waals surface area contributed by atoms with Gasteiger partial charge in [-0.15, -0.1) is 0 Å². The third kappa shape index (κ3) is 2.96. The molecular weight excluding hydrogens is 236 g/mol. The molecule has 2 N–H and O–H groups in total. The molecule has 3 atom stereocenters. The zero-order valence-electron chi connectivity index (χ0n) is 12.5. The average molecular weight is 262 g/mol. The second-order valence-corrected chi connectivity index (χ2v) is 5.87. The van der Waals surface area contributed by atoms with Gasteiger partial charge in [0.2, 0.25) is 0 Å². The molecule has 0 radical (unpaired) electrons. The molecule has 1 saturated heterocycles. The molecule has 3 nitrogen and oxygen atoms in total. The Morgan fingerprint density at radius 3 is 2.74 bits per heavy atom. The lowest BCUT2D eigenvalue weighted by molar-refractivity contribution is 0.296. The molecule has 0 saturated carbocycles. The predicted molar refractivity (Wildman–Crippen MR) is 81.8 cm³/mol.